The Hall–Kier alpha value is -2.11. The van der Waals surface area contributed by atoms with Crippen molar-refractivity contribution in [3.8, 4) is 10.6 Å². The first kappa shape index (κ1) is 12.0. The molecule has 0 aromatic carbocycles. The lowest BCUT2D eigenvalue weighted by Crippen LogP contribution is -2.15. The van der Waals surface area contributed by atoms with Crippen LogP contribution in [0.5, 0.6) is 0 Å². The van der Waals surface area contributed by atoms with Crippen LogP contribution in [0, 0.1) is 0 Å². The molecule has 0 fully saturated rings. The average Bonchev–Trinajstić information content (AvgIpc) is 2.95. The van der Waals surface area contributed by atoms with Crippen molar-refractivity contribution < 1.29 is 14.7 Å². The van der Waals surface area contributed by atoms with Crippen LogP contribution in [0.3, 0.4) is 0 Å². The summed E-state index contributed by atoms with van der Waals surface area (Å²) < 4.78 is 0. The Kier molecular flexibility index (Phi) is 2.85. The minimum absolute atomic E-state index is 0.160. The number of fused-ring (bicyclic) bond motifs is 1. The third-order valence-electron chi connectivity index (χ3n) is 2.91. The van der Waals surface area contributed by atoms with Crippen molar-refractivity contribution in [2.75, 3.05) is 0 Å². The van der Waals surface area contributed by atoms with E-state index in [2.05, 4.69) is 4.98 Å². The Morgan fingerprint density at radius 1 is 1.16 bits per heavy atom. The topological polar surface area (TPSA) is 67.3 Å². The molecule has 0 radical (unpaired) electrons. The number of allylic oxidation sites excluding steroid dienone is 2. The maximum Gasteiger partial charge on any atom is 0.205 e. The average molecular weight is 271 g/mol. The van der Waals surface area contributed by atoms with Crippen LogP contribution in [0.1, 0.15) is 26.4 Å². The molecule has 1 aliphatic carbocycles. The zero-order chi connectivity index (χ0) is 13.4. The van der Waals surface area contributed by atoms with E-state index in [-0.39, 0.29) is 29.4 Å². The third kappa shape index (κ3) is 1.93. The van der Waals surface area contributed by atoms with Gasteiger partial charge in [0, 0.05) is 5.56 Å². The highest BCUT2D eigenvalue weighted by Gasteiger charge is 2.23. The van der Waals surface area contributed by atoms with Crippen LogP contribution in [0.4, 0.5) is 0 Å². The van der Waals surface area contributed by atoms with Gasteiger partial charge in [0.05, 0.1) is 22.7 Å². The SMILES string of the molecule is O=C1C=CC(=O)c2nc(-c3cccs3)c(CO)cc21. The van der Waals surface area contributed by atoms with Gasteiger partial charge in [0.1, 0.15) is 5.69 Å². The number of ketones is 2. The quantitative estimate of drug-likeness (QED) is 0.909. The Balaban J connectivity index is 2.26. The summed E-state index contributed by atoms with van der Waals surface area (Å²) in [4.78, 5) is 28.7. The molecule has 1 aliphatic rings. The molecule has 0 amide bonds. The zero-order valence-electron chi connectivity index (χ0n) is 9.79. The van der Waals surface area contributed by atoms with Gasteiger partial charge >= 0.3 is 0 Å². The summed E-state index contributed by atoms with van der Waals surface area (Å²) in [7, 11) is 0. The van der Waals surface area contributed by atoms with E-state index in [4.69, 9.17) is 0 Å². The molecule has 0 bridgehead atoms. The van der Waals surface area contributed by atoms with E-state index in [9.17, 15) is 14.7 Å². The second kappa shape index (κ2) is 4.53. The number of carbonyl (C=O) groups is 2. The second-order valence-corrected chi connectivity index (χ2v) is 5.04. The molecule has 3 rings (SSSR count). The molecule has 2 aromatic heterocycles. The summed E-state index contributed by atoms with van der Waals surface area (Å²) in [5.41, 5.74) is 1.54. The van der Waals surface area contributed by atoms with Crippen molar-refractivity contribution in [2.45, 2.75) is 6.61 Å². The largest absolute Gasteiger partial charge is 0.392 e. The van der Waals surface area contributed by atoms with Crippen LogP contribution in [-0.4, -0.2) is 21.7 Å². The summed E-state index contributed by atoms with van der Waals surface area (Å²) in [6.45, 7) is -0.224. The van der Waals surface area contributed by atoms with E-state index < -0.39 is 0 Å². The van der Waals surface area contributed by atoms with Crippen molar-refractivity contribution in [1.29, 1.82) is 0 Å². The molecule has 5 heteroatoms. The highest BCUT2D eigenvalue weighted by molar-refractivity contribution is 7.13. The lowest BCUT2D eigenvalue weighted by molar-refractivity contribution is 0.0990. The van der Waals surface area contributed by atoms with Gasteiger partial charge in [0.25, 0.3) is 0 Å². The second-order valence-electron chi connectivity index (χ2n) is 4.09. The predicted molar refractivity (Wildman–Crippen MR) is 71.3 cm³/mol. The van der Waals surface area contributed by atoms with E-state index in [1.165, 1.54) is 23.5 Å². The molecule has 2 aromatic rings. The molecule has 94 valence electrons. The van der Waals surface area contributed by atoms with Crippen LogP contribution < -0.4 is 0 Å². The first-order chi connectivity index (χ1) is 9.20. The molecule has 1 N–H and O–H groups in total. The predicted octanol–water partition coefficient (Wildman–Crippen LogP) is 2.24. The van der Waals surface area contributed by atoms with E-state index in [1.54, 1.807) is 6.07 Å². The summed E-state index contributed by atoms with van der Waals surface area (Å²) in [6.07, 6.45) is 2.47. The van der Waals surface area contributed by atoms with Crippen LogP contribution in [0.25, 0.3) is 10.6 Å². The Labute approximate surface area is 113 Å². The van der Waals surface area contributed by atoms with Crippen LogP contribution >= 0.6 is 11.3 Å². The van der Waals surface area contributed by atoms with Crippen molar-refractivity contribution in [3.63, 3.8) is 0 Å². The van der Waals surface area contributed by atoms with Crippen LogP contribution in [0.2, 0.25) is 0 Å². The van der Waals surface area contributed by atoms with E-state index in [0.717, 1.165) is 4.88 Å². The van der Waals surface area contributed by atoms with Gasteiger partial charge in [0.2, 0.25) is 5.78 Å². The highest BCUT2D eigenvalue weighted by Crippen LogP contribution is 2.29. The molecule has 2 heterocycles. The van der Waals surface area contributed by atoms with Gasteiger partial charge in [-0.05, 0) is 29.7 Å². The van der Waals surface area contributed by atoms with E-state index in [1.807, 2.05) is 17.5 Å². The standard InChI is InChI=1S/C14H9NO3S/c16-7-8-6-9-10(17)3-4-11(18)14(9)15-13(8)12-2-1-5-19-12/h1-6,16H,7H2. The van der Waals surface area contributed by atoms with Gasteiger partial charge in [0.15, 0.2) is 5.78 Å². The third-order valence-corrected chi connectivity index (χ3v) is 3.79. The lowest BCUT2D eigenvalue weighted by atomic mass is 9.97. The van der Waals surface area contributed by atoms with Crippen molar-refractivity contribution >= 4 is 22.9 Å². The molecule has 0 unspecified atom stereocenters. The normalized spacial score (nSPS) is 13.7. The Bertz CT molecular complexity index is 702. The molecule has 0 saturated carbocycles. The molecule has 0 atom stereocenters. The molecule has 4 nitrogen and oxygen atoms in total. The lowest BCUT2D eigenvalue weighted by Gasteiger charge is -2.12. The monoisotopic (exact) mass is 271 g/mol. The number of pyridine rings is 1. The number of aliphatic hydroxyl groups is 1. The van der Waals surface area contributed by atoms with Gasteiger partial charge < -0.3 is 5.11 Å². The van der Waals surface area contributed by atoms with E-state index in [0.29, 0.717) is 11.3 Å². The summed E-state index contributed by atoms with van der Waals surface area (Å²) in [5, 5.41) is 11.3. The number of hydrogen-bond donors (Lipinski definition) is 1. The van der Waals surface area contributed by atoms with Gasteiger partial charge in [-0.15, -0.1) is 11.3 Å². The Morgan fingerprint density at radius 3 is 2.63 bits per heavy atom. The number of thiophene rings is 1. The molecule has 0 aliphatic heterocycles. The van der Waals surface area contributed by atoms with Crippen molar-refractivity contribution in [3.05, 3.63) is 52.6 Å². The number of nitrogens with zero attached hydrogens (tertiary/aromatic N) is 1. The Morgan fingerprint density at radius 2 is 1.95 bits per heavy atom. The molecule has 0 saturated heterocycles. The maximum absolute atomic E-state index is 11.8. The summed E-state index contributed by atoms with van der Waals surface area (Å²) in [5.74, 6) is -0.536. The molecular weight excluding hydrogens is 262 g/mol. The maximum atomic E-state index is 11.8. The van der Waals surface area contributed by atoms with Gasteiger partial charge in [-0.3, -0.25) is 9.59 Å². The number of aliphatic hydroxyl groups excluding tert-OH is 1. The fourth-order valence-electron chi connectivity index (χ4n) is 2.00. The highest BCUT2D eigenvalue weighted by atomic mass is 32.1. The van der Waals surface area contributed by atoms with Crippen LogP contribution in [0.15, 0.2) is 35.7 Å². The minimum atomic E-state index is -0.281. The van der Waals surface area contributed by atoms with Crippen LogP contribution in [-0.2, 0) is 6.61 Å². The fourth-order valence-corrected chi connectivity index (χ4v) is 2.75. The fraction of sp³-hybridized carbons (Fsp3) is 0.0714. The number of aromatic nitrogens is 1. The van der Waals surface area contributed by atoms with Crippen molar-refractivity contribution in [2.24, 2.45) is 0 Å². The number of carbonyl (C=O) groups excluding carboxylic acids is 2. The van der Waals surface area contributed by atoms with Gasteiger partial charge in [-0.25, -0.2) is 4.98 Å². The van der Waals surface area contributed by atoms with Crippen molar-refractivity contribution in [1.82, 2.24) is 4.98 Å². The summed E-state index contributed by atoms with van der Waals surface area (Å²) >= 11 is 1.47. The molecule has 19 heavy (non-hydrogen) atoms. The minimum Gasteiger partial charge on any atom is -0.392 e. The summed E-state index contributed by atoms with van der Waals surface area (Å²) in [6, 6.07) is 5.29. The molecular formula is C14H9NO3S. The molecule has 0 spiro atoms. The first-order valence-corrected chi connectivity index (χ1v) is 6.54. The zero-order valence-corrected chi connectivity index (χ0v) is 10.6. The number of hydrogen-bond acceptors (Lipinski definition) is 5. The number of rotatable bonds is 2. The van der Waals surface area contributed by atoms with Gasteiger partial charge in [-0.1, -0.05) is 6.07 Å². The first-order valence-electron chi connectivity index (χ1n) is 5.66. The smallest absolute Gasteiger partial charge is 0.205 e. The van der Waals surface area contributed by atoms with Gasteiger partial charge in [-0.2, -0.15) is 0 Å². The van der Waals surface area contributed by atoms with E-state index >= 15 is 0 Å².